The number of benzene rings is 2. The third-order valence-corrected chi connectivity index (χ3v) is 5.41. The van der Waals surface area contributed by atoms with Gasteiger partial charge in [0.2, 0.25) is 0 Å². The van der Waals surface area contributed by atoms with E-state index in [1.165, 1.54) is 5.56 Å². The summed E-state index contributed by atoms with van der Waals surface area (Å²) in [6, 6.07) is 14.6. The Morgan fingerprint density at radius 2 is 1.63 bits per heavy atom. The zero-order valence-corrected chi connectivity index (χ0v) is 16.0. The topological polar surface area (TPSA) is 67.4 Å². The highest BCUT2D eigenvalue weighted by Crippen LogP contribution is 2.41. The zero-order chi connectivity index (χ0) is 19.3. The largest absolute Gasteiger partial charge is 0.497 e. The van der Waals surface area contributed by atoms with E-state index < -0.39 is 11.8 Å². The summed E-state index contributed by atoms with van der Waals surface area (Å²) in [5.74, 6) is -0.511. The molecular weight excluding hydrogens is 364 g/mol. The number of carbonyl (C=O) groups is 2. The summed E-state index contributed by atoms with van der Waals surface area (Å²) >= 11 is 5.83. The minimum Gasteiger partial charge on any atom is -0.497 e. The van der Waals surface area contributed by atoms with Crippen molar-refractivity contribution < 1.29 is 14.3 Å². The second-order valence-electron chi connectivity index (χ2n) is 6.86. The molecule has 1 saturated carbocycles. The van der Waals surface area contributed by atoms with Crippen molar-refractivity contribution in [3.05, 3.63) is 59.1 Å². The van der Waals surface area contributed by atoms with E-state index in [2.05, 4.69) is 10.6 Å². The second kappa shape index (κ2) is 8.44. The Labute approximate surface area is 164 Å². The van der Waals surface area contributed by atoms with E-state index in [0.29, 0.717) is 17.3 Å². The van der Waals surface area contributed by atoms with E-state index in [1.54, 1.807) is 31.4 Å². The van der Waals surface area contributed by atoms with E-state index in [0.717, 1.165) is 31.4 Å². The Morgan fingerprint density at radius 1 is 1.00 bits per heavy atom. The van der Waals surface area contributed by atoms with Crippen LogP contribution in [0.3, 0.4) is 0 Å². The lowest BCUT2D eigenvalue weighted by Gasteiger charge is -2.30. The molecule has 2 amide bonds. The Bertz CT molecular complexity index is 797. The predicted octanol–water partition coefficient (Wildman–Crippen LogP) is 3.92. The van der Waals surface area contributed by atoms with Crippen LogP contribution in [0.15, 0.2) is 48.5 Å². The molecule has 0 bridgehead atoms. The van der Waals surface area contributed by atoms with Crippen LogP contribution in [-0.2, 0) is 15.0 Å². The zero-order valence-electron chi connectivity index (χ0n) is 15.3. The molecule has 0 radical (unpaired) electrons. The Hall–Kier alpha value is -2.53. The Morgan fingerprint density at radius 3 is 2.22 bits per heavy atom. The second-order valence-corrected chi connectivity index (χ2v) is 7.30. The molecule has 0 aromatic heterocycles. The first-order chi connectivity index (χ1) is 13.0. The lowest BCUT2D eigenvalue weighted by Crippen LogP contribution is -2.43. The molecule has 2 aromatic carbocycles. The standard InChI is InChI=1S/C21H23ClN2O3/c1-27-18-10-4-15(5-11-18)21(12-2-3-13-21)14-23-19(25)20(26)24-17-8-6-16(22)7-9-17/h4-11H,2-3,12-14H2,1H3,(H,23,25)(H,24,26). The lowest BCUT2D eigenvalue weighted by atomic mass is 9.78. The minimum atomic E-state index is -0.680. The van der Waals surface area contributed by atoms with Gasteiger partial charge in [0.25, 0.3) is 0 Å². The van der Waals surface area contributed by atoms with E-state index >= 15 is 0 Å². The summed E-state index contributed by atoms with van der Waals surface area (Å²) in [6.07, 6.45) is 4.19. The van der Waals surface area contributed by atoms with Crippen LogP contribution in [0.25, 0.3) is 0 Å². The summed E-state index contributed by atoms with van der Waals surface area (Å²) in [4.78, 5) is 24.4. The average molecular weight is 387 g/mol. The predicted molar refractivity (Wildman–Crippen MR) is 106 cm³/mol. The van der Waals surface area contributed by atoms with E-state index in [4.69, 9.17) is 16.3 Å². The highest BCUT2D eigenvalue weighted by molar-refractivity contribution is 6.39. The Kier molecular flexibility index (Phi) is 6.01. The smallest absolute Gasteiger partial charge is 0.313 e. The summed E-state index contributed by atoms with van der Waals surface area (Å²) in [5, 5.41) is 5.97. The van der Waals surface area contributed by atoms with Crippen molar-refractivity contribution in [2.75, 3.05) is 19.0 Å². The number of hydrogen-bond donors (Lipinski definition) is 2. The average Bonchev–Trinajstić information content (AvgIpc) is 3.18. The number of ether oxygens (including phenoxy) is 1. The molecule has 1 aliphatic rings. The molecule has 0 heterocycles. The number of halogens is 1. The van der Waals surface area contributed by atoms with Crippen molar-refractivity contribution in [2.45, 2.75) is 31.1 Å². The molecule has 0 spiro atoms. The van der Waals surface area contributed by atoms with Gasteiger partial charge in [0.05, 0.1) is 7.11 Å². The highest BCUT2D eigenvalue weighted by atomic mass is 35.5. The van der Waals surface area contributed by atoms with E-state index in [9.17, 15) is 9.59 Å². The molecular formula is C21H23ClN2O3. The van der Waals surface area contributed by atoms with Crippen molar-refractivity contribution >= 4 is 29.1 Å². The van der Waals surface area contributed by atoms with Crippen molar-refractivity contribution in [3.63, 3.8) is 0 Å². The number of methoxy groups -OCH3 is 1. The number of amides is 2. The molecule has 1 fully saturated rings. The van der Waals surface area contributed by atoms with Gasteiger partial charge in [-0.25, -0.2) is 0 Å². The summed E-state index contributed by atoms with van der Waals surface area (Å²) in [5.41, 5.74) is 1.56. The fourth-order valence-electron chi connectivity index (χ4n) is 3.61. The van der Waals surface area contributed by atoms with Crippen LogP contribution in [-0.4, -0.2) is 25.5 Å². The van der Waals surface area contributed by atoms with Gasteiger partial charge in [-0.05, 0) is 54.8 Å². The van der Waals surface area contributed by atoms with Gasteiger partial charge in [-0.15, -0.1) is 0 Å². The van der Waals surface area contributed by atoms with Gasteiger partial charge >= 0.3 is 11.8 Å². The third kappa shape index (κ3) is 4.61. The summed E-state index contributed by atoms with van der Waals surface area (Å²) < 4.78 is 5.23. The number of carbonyl (C=O) groups excluding carboxylic acids is 2. The number of rotatable bonds is 5. The quantitative estimate of drug-likeness (QED) is 0.765. The molecule has 142 valence electrons. The molecule has 0 atom stereocenters. The number of hydrogen-bond acceptors (Lipinski definition) is 3. The van der Waals surface area contributed by atoms with Crippen LogP contribution in [0, 0.1) is 0 Å². The normalized spacial score (nSPS) is 15.2. The number of anilines is 1. The summed E-state index contributed by atoms with van der Waals surface area (Å²) in [7, 11) is 1.64. The molecule has 2 aromatic rings. The van der Waals surface area contributed by atoms with Crippen LogP contribution in [0.2, 0.25) is 5.02 Å². The van der Waals surface area contributed by atoms with Crippen molar-refractivity contribution in [2.24, 2.45) is 0 Å². The van der Waals surface area contributed by atoms with Gasteiger partial charge < -0.3 is 15.4 Å². The molecule has 27 heavy (non-hydrogen) atoms. The van der Waals surface area contributed by atoms with Gasteiger partial charge in [0, 0.05) is 22.7 Å². The van der Waals surface area contributed by atoms with Gasteiger partial charge in [0.1, 0.15) is 5.75 Å². The minimum absolute atomic E-state index is 0.136. The van der Waals surface area contributed by atoms with Crippen LogP contribution in [0.5, 0.6) is 5.75 Å². The fourth-order valence-corrected chi connectivity index (χ4v) is 3.74. The van der Waals surface area contributed by atoms with E-state index in [1.807, 2.05) is 24.3 Å². The highest BCUT2D eigenvalue weighted by Gasteiger charge is 2.36. The van der Waals surface area contributed by atoms with Crippen molar-refractivity contribution in [1.82, 2.24) is 5.32 Å². The molecule has 1 aliphatic carbocycles. The molecule has 0 saturated heterocycles. The van der Waals surface area contributed by atoms with Gasteiger partial charge in [-0.3, -0.25) is 9.59 Å². The maximum Gasteiger partial charge on any atom is 0.313 e. The van der Waals surface area contributed by atoms with E-state index in [-0.39, 0.29) is 5.41 Å². The molecule has 2 N–H and O–H groups in total. The van der Waals surface area contributed by atoms with Crippen molar-refractivity contribution in [3.8, 4) is 5.75 Å². The van der Waals surface area contributed by atoms with Gasteiger partial charge in [0.15, 0.2) is 0 Å². The molecule has 5 nitrogen and oxygen atoms in total. The molecule has 0 aliphatic heterocycles. The summed E-state index contributed by atoms with van der Waals surface area (Å²) in [6.45, 7) is 0.437. The van der Waals surface area contributed by atoms with Crippen LogP contribution < -0.4 is 15.4 Å². The van der Waals surface area contributed by atoms with Crippen LogP contribution in [0.1, 0.15) is 31.2 Å². The Balaban J connectivity index is 1.63. The SMILES string of the molecule is COc1ccc(C2(CNC(=O)C(=O)Nc3ccc(Cl)cc3)CCCC2)cc1. The van der Waals surface area contributed by atoms with Gasteiger partial charge in [-0.2, -0.15) is 0 Å². The number of nitrogens with one attached hydrogen (secondary N) is 2. The molecule has 6 heteroatoms. The molecule has 3 rings (SSSR count). The first kappa shape index (κ1) is 19.2. The monoisotopic (exact) mass is 386 g/mol. The van der Waals surface area contributed by atoms with Crippen LogP contribution in [0.4, 0.5) is 5.69 Å². The fraction of sp³-hybridized carbons (Fsp3) is 0.333. The lowest BCUT2D eigenvalue weighted by molar-refractivity contribution is -0.136. The third-order valence-electron chi connectivity index (χ3n) is 5.16. The van der Waals surface area contributed by atoms with Crippen LogP contribution >= 0.6 is 11.6 Å². The molecule has 0 unspecified atom stereocenters. The van der Waals surface area contributed by atoms with Crippen molar-refractivity contribution in [1.29, 1.82) is 0 Å². The van der Waals surface area contributed by atoms with Gasteiger partial charge in [-0.1, -0.05) is 36.6 Å². The first-order valence-corrected chi connectivity index (χ1v) is 9.39. The first-order valence-electron chi connectivity index (χ1n) is 9.02. The maximum atomic E-state index is 12.3. The maximum absolute atomic E-state index is 12.3.